The van der Waals surface area contributed by atoms with Gasteiger partial charge in [0.1, 0.15) is 6.04 Å². The van der Waals surface area contributed by atoms with Crippen LogP contribution in [0, 0.1) is 3.57 Å². The molecule has 0 saturated heterocycles. The minimum atomic E-state index is -1.03. The van der Waals surface area contributed by atoms with Gasteiger partial charge in [-0.15, -0.1) is 0 Å². The van der Waals surface area contributed by atoms with Crippen molar-refractivity contribution in [1.29, 1.82) is 0 Å². The molecule has 6 heteroatoms. The van der Waals surface area contributed by atoms with Gasteiger partial charge in [-0.3, -0.25) is 4.79 Å². The molecule has 2 rings (SSSR count). The lowest BCUT2D eigenvalue weighted by Gasteiger charge is -2.12. The number of benzene rings is 1. The van der Waals surface area contributed by atoms with Crippen molar-refractivity contribution in [2.45, 2.75) is 19.4 Å². The Balaban J connectivity index is 2.31. The minimum absolute atomic E-state index is 0.259. The molecule has 1 aromatic heterocycles. The Morgan fingerprint density at radius 2 is 2.21 bits per heavy atom. The van der Waals surface area contributed by atoms with Crippen LogP contribution in [-0.2, 0) is 16.0 Å². The average molecular weight is 372 g/mol. The zero-order chi connectivity index (χ0) is 14.0. The number of H-pyrrole nitrogens is 1. The lowest BCUT2D eigenvalue weighted by Crippen LogP contribution is -2.41. The van der Waals surface area contributed by atoms with Crippen LogP contribution in [0.5, 0.6) is 0 Å². The summed E-state index contributed by atoms with van der Waals surface area (Å²) < 4.78 is 1.08. The standard InChI is InChI=1S/C13H13IN2O3/c1-7(17)16-12(13(18)19)4-8-6-15-11-3-2-9(14)5-10(8)11/h2-3,5-6,12,15H,4H2,1H3,(H,16,17)(H,18,19)/t12-/m0/s1. The molecule has 1 atom stereocenters. The van der Waals surface area contributed by atoms with Crippen molar-refractivity contribution in [2.24, 2.45) is 0 Å². The first-order chi connectivity index (χ1) is 8.97. The molecule has 1 aromatic carbocycles. The predicted molar refractivity (Wildman–Crippen MR) is 80.0 cm³/mol. The van der Waals surface area contributed by atoms with E-state index >= 15 is 0 Å². The van der Waals surface area contributed by atoms with Crippen LogP contribution in [0.3, 0.4) is 0 Å². The number of carboxylic acids is 1. The van der Waals surface area contributed by atoms with E-state index in [2.05, 4.69) is 32.9 Å². The van der Waals surface area contributed by atoms with Crippen molar-refractivity contribution in [3.05, 3.63) is 33.5 Å². The first-order valence-corrected chi connectivity index (χ1v) is 6.80. The van der Waals surface area contributed by atoms with Crippen LogP contribution in [0.4, 0.5) is 0 Å². The highest BCUT2D eigenvalue weighted by atomic mass is 127. The van der Waals surface area contributed by atoms with E-state index in [0.717, 1.165) is 20.0 Å². The smallest absolute Gasteiger partial charge is 0.326 e. The van der Waals surface area contributed by atoms with Gasteiger partial charge in [-0.2, -0.15) is 0 Å². The molecule has 0 unspecified atom stereocenters. The van der Waals surface area contributed by atoms with Crippen LogP contribution >= 0.6 is 22.6 Å². The molecule has 5 nitrogen and oxygen atoms in total. The van der Waals surface area contributed by atoms with E-state index < -0.39 is 12.0 Å². The first-order valence-electron chi connectivity index (χ1n) is 5.73. The second kappa shape index (κ2) is 5.60. The monoisotopic (exact) mass is 372 g/mol. The number of hydrogen-bond acceptors (Lipinski definition) is 2. The van der Waals surface area contributed by atoms with Gasteiger partial charge >= 0.3 is 5.97 Å². The lowest BCUT2D eigenvalue weighted by atomic mass is 10.1. The van der Waals surface area contributed by atoms with Crippen LogP contribution < -0.4 is 5.32 Å². The third kappa shape index (κ3) is 3.25. The summed E-state index contributed by atoms with van der Waals surface area (Å²) in [5.74, 6) is -1.38. The molecule has 1 heterocycles. The molecule has 0 saturated carbocycles. The van der Waals surface area contributed by atoms with Crippen molar-refractivity contribution in [1.82, 2.24) is 10.3 Å². The summed E-state index contributed by atoms with van der Waals surface area (Å²) in [5, 5.41) is 12.6. The summed E-state index contributed by atoms with van der Waals surface area (Å²) in [6.07, 6.45) is 2.05. The summed E-state index contributed by atoms with van der Waals surface area (Å²) in [7, 11) is 0. The van der Waals surface area contributed by atoms with E-state index in [1.165, 1.54) is 6.92 Å². The van der Waals surface area contributed by atoms with Gasteiger partial charge in [-0.25, -0.2) is 4.79 Å². The number of aromatic nitrogens is 1. The number of carbonyl (C=O) groups excluding carboxylic acids is 1. The molecule has 0 aliphatic rings. The molecule has 0 aliphatic heterocycles. The molecule has 100 valence electrons. The minimum Gasteiger partial charge on any atom is -0.480 e. The number of nitrogens with one attached hydrogen (secondary N) is 2. The number of carboxylic acid groups (broad SMARTS) is 1. The highest BCUT2D eigenvalue weighted by molar-refractivity contribution is 14.1. The van der Waals surface area contributed by atoms with Gasteiger partial charge in [-0.1, -0.05) is 0 Å². The van der Waals surface area contributed by atoms with Crippen LogP contribution in [0.25, 0.3) is 10.9 Å². The first kappa shape index (κ1) is 13.9. The fourth-order valence-electron chi connectivity index (χ4n) is 1.98. The third-order valence-corrected chi connectivity index (χ3v) is 3.50. The molecule has 19 heavy (non-hydrogen) atoms. The molecule has 0 aliphatic carbocycles. The van der Waals surface area contributed by atoms with Crippen LogP contribution in [0.1, 0.15) is 12.5 Å². The SMILES string of the molecule is CC(=O)N[C@@H](Cc1c[nH]c2ccc(I)cc12)C(=O)O. The van der Waals surface area contributed by atoms with E-state index in [1.54, 1.807) is 6.20 Å². The zero-order valence-corrected chi connectivity index (χ0v) is 12.4. The van der Waals surface area contributed by atoms with Crippen molar-refractivity contribution in [3.8, 4) is 0 Å². The summed E-state index contributed by atoms with van der Waals surface area (Å²) in [4.78, 5) is 25.3. The second-order valence-electron chi connectivity index (χ2n) is 4.30. The number of amides is 1. The molecular formula is C13H13IN2O3. The Morgan fingerprint density at radius 1 is 1.47 bits per heavy atom. The molecule has 2 aromatic rings. The highest BCUT2D eigenvalue weighted by Gasteiger charge is 2.20. The van der Waals surface area contributed by atoms with E-state index in [-0.39, 0.29) is 12.3 Å². The number of aliphatic carboxylic acids is 1. The van der Waals surface area contributed by atoms with Crippen molar-refractivity contribution >= 4 is 45.4 Å². The molecule has 3 N–H and O–H groups in total. The Bertz CT molecular complexity index is 636. The number of carbonyl (C=O) groups is 2. The Hall–Kier alpha value is -1.57. The Kier molecular flexibility index (Phi) is 4.08. The van der Waals surface area contributed by atoms with E-state index in [1.807, 2.05) is 18.2 Å². The quantitative estimate of drug-likeness (QED) is 0.718. The number of fused-ring (bicyclic) bond motifs is 1. The summed E-state index contributed by atoms with van der Waals surface area (Å²) >= 11 is 2.21. The van der Waals surface area contributed by atoms with Gasteiger partial charge in [-0.05, 0) is 46.4 Å². The highest BCUT2D eigenvalue weighted by Crippen LogP contribution is 2.22. The number of halogens is 1. The van der Waals surface area contributed by atoms with E-state index in [0.29, 0.717) is 0 Å². The lowest BCUT2D eigenvalue weighted by molar-refractivity contribution is -0.141. The van der Waals surface area contributed by atoms with Crippen molar-refractivity contribution < 1.29 is 14.7 Å². The largest absolute Gasteiger partial charge is 0.480 e. The maximum absolute atomic E-state index is 11.1. The maximum atomic E-state index is 11.1. The van der Waals surface area contributed by atoms with Gasteiger partial charge in [0.05, 0.1) is 0 Å². The molecule has 0 radical (unpaired) electrons. The van der Waals surface area contributed by atoms with Gasteiger partial charge in [0, 0.05) is 34.0 Å². The second-order valence-corrected chi connectivity index (χ2v) is 5.54. The molecule has 0 bridgehead atoms. The normalized spacial score (nSPS) is 12.3. The maximum Gasteiger partial charge on any atom is 0.326 e. The number of aromatic amines is 1. The molecule has 1 amide bonds. The van der Waals surface area contributed by atoms with Crippen molar-refractivity contribution in [3.63, 3.8) is 0 Å². The van der Waals surface area contributed by atoms with Crippen LogP contribution in [0.15, 0.2) is 24.4 Å². The topological polar surface area (TPSA) is 82.2 Å². The predicted octanol–water partition coefficient (Wildman–Crippen LogP) is 1.90. The number of hydrogen-bond donors (Lipinski definition) is 3. The van der Waals surface area contributed by atoms with E-state index in [4.69, 9.17) is 5.11 Å². The van der Waals surface area contributed by atoms with Gasteiger partial charge in [0.15, 0.2) is 0 Å². The third-order valence-electron chi connectivity index (χ3n) is 2.83. The van der Waals surface area contributed by atoms with Crippen molar-refractivity contribution in [2.75, 3.05) is 0 Å². The van der Waals surface area contributed by atoms with Gasteiger partial charge in [0.2, 0.25) is 5.91 Å². The molecule has 0 fully saturated rings. The fraction of sp³-hybridized carbons (Fsp3) is 0.231. The molecule has 0 spiro atoms. The van der Waals surface area contributed by atoms with E-state index in [9.17, 15) is 9.59 Å². The summed E-state index contributed by atoms with van der Waals surface area (Å²) in [5.41, 5.74) is 1.84. The van der Waals surface area contributed by atoms with Crippen LogP contribution in [0.2, 0.25) is 0 Å². The van der Waals surface area contributed by atoms with Gasteiger partial charge < -0.3 is 15.4 Å². The fourth-order valence-corrected chi connectivity index (χ4v) is 2.48. The number of rotatable bonds is 4. The summed E-state index contributed by atoms with van der Waals surface area (Å²) in [6, 6.07) is 5.02. The summed E-state index contributed by atoms with van der Waals surface area (Å²) in [6.45, 7) is 1.31. The zero-order valence-electron chi connectivity index (χ0n) is 10.2. The Labute approximate surface area is 123 Å². The van der Waals surface area contributed by atoms with Crippen LogP contribution in [-0.4, -0.2) is 28.0 Å². The van der Waals surface area contributed by atoms with Gasteiger partial charge in [0.25, 0.3) is 0 Å². The average Bonchev–Trinajstić information content (AvgIpc) is 2.70. The molecular weight excluding hydrogens is 359 g/mol. The Morgan fingerprint density at radius 3 is 2.84 bits per heavy atom.